The van der Waals surface area contributed by atoms with E-state index in [9.17, 15) is 72.2 Å². The van der Waals surface area contributed by atoms with Gasteiger partial charge in [0, 0.05) is 42.0 Å². The van der Waals surface area contributed by atoms with E-state index in [4.69, 9.17) is 14.5 Å². The van der Waals surface area contributed by atoms with E-state index in [2.05, 4.69) is 55.4 Å². The lowest BCUT2D eigenvalue weighted by Gasteiger charge is -2.48. The quantitative estimate of drug-likeness (QED) is 0.0586. The number of aliphatic hydroxyl groups excluding tert-OH is 1. The minimum Gasteiger partial charge on any atom is -0.476 e. The van der Waals surface area contributed by atoms with Gasteiger partial charge in [-0.3, -0.25) is 29.4 Å². The molecule has 3 spiro atoms. The van der Waals surface area contributed by atoms with Crippen molar-refractivity contribution in [3.05, 3.63) is 143 Å². The molecule has 6 aromatic rings. The van der Waals surface area contributed by atoms with Crippen LogP contribution in [-0.2, 0) is 33.7 Å². The SMILES string of the molecule is CN(C)C1(c2cccc(F)c2)CCC2(CC1)CN(c1cnc(C(F)(F)F)nc1OCC(F)(F)F)C(=O)N2.CN(C)C1(c2cccc(F)c2)CCC2(CC1)CN(c1cnc(C(F)(F)F)nc1OCC1COC1)C(=O)N2.CN(CCO)c1nc(C2CC2)ncc1N1CC2(CCC(c3cccc(F)c3)(N(C)C)CC2)NC1=O. The van der Waals surface area contributed by atoms with Crippen molar-refractivity contribution in [1.82, 2.24) is 60.6 Å². The van der Waals surface area contributed by atoms with Gasteiger partial charge in [0.25, 0.3) is 0 Å². The highest BCUT2D eigenvalue weighted by atomic mass is 19.4. The van der Waals surface area contributed by atoms with Gasteiger partial charge in [0.15, 0.2) is 12.4 Å². The molecule has 590 valence electrons. The lowest BCUT2D eigenvalue weighted by molar-refractivity contribution is -0.155. The van der Waals surface area contributed by atoms with Crippen molar-refractivity contribution in [2.24, 2.45) is 5.92 Å². The molecule has 109 heavy (non-hydrogen) atoms. The summed E-state index contributed by atoms with van der Waals surface area (Å²) in [5.41, 5.74) is 0.0425. The lowest BCUT2D eigenvalue weighted by Crippen LogP contribution is -2.54. The molecule has 4 N–H and O–H groups in total. The minimum absolute atomic E-state index is 0.00152. The molecular formula is C74H88F12N16O7. The van der Waals surface area contributed by atoms with Crippen LogP contribution in [0.4, 0.5) is 89.9 Å². The number of amides is 6. The van der Waals surface area contributed by atoms with E-state index in [0.717, 1.165) is 72.1 Å². The summed E-state index contributed by atoms with van der Waals surface area (Å²) in [6.07, 6.45) is -1.46. The van der Waals surface area contributed by atoms with Crippen molar-refractivity contribution < 1.29 is 86.4 Å². The largest absolute Gasteiger partial charge is 0.476 e. The molecule has 4 aliphatic heterocycles. The number of likely N-dealkylation sites (N-methyl/N-ethyl adjacent to an activating group) is 1. The van der Waals surface area contributed by atoms with Crippen LogP contribution in [0.25, 0.3) is 0 Å². The third kappa shape index (κ3) is 16.9. The summed E-state index contributed by atoms with van der Waals surface area (Å²) in [6.45, 7) is 0.290. The second-order valence-corrected chi connectivity index (χ2v) is 30.4. The molecule has 35 heteroatoms. The predicted molar refractivity (Wildman–Crippen MR) is 376 cm³/mol. The molecule has 0 unspecified atom stereocenters. The number of aromatic nitrogens is 6. The first-order chi connectivity index (χ1) is 51.4. The standard InChI is InChI=1S/C26H35FN6O2.C25H29F4N5O3.C23H24F7N5O2/c1-31(2)26(19-5-4-6-20(27)15-19)11-9-25(10-12-26)17-33(24(35)30-25)21-16-28-22(18-7-8-18)29-23(21)32(3)13-14-34;1-33(2)24(17-4-3-5-18(26)10-17)8-6-23(7-9-24)15-34(22(35)32-23)19-11-30-21(25(27,28)29)31-20(19)37-14-16-12-36-13-16;1-34(2)21(14-4-3-5-15(24)10-14)8-6-20(7-9-21)12-35(19(36)33-20)16-11-31-18(23(28,29)30)32-17(16)37-13-22(25,26)27/h4-6,15-16,18,34H,7-14,17H2,1-3H3,(H,30,35);3-5,10-11,16H,6-9,12-15H2,1-2H3,(H,32,35);3-5,10-11H,6-9,12-13H2,1-2H3,(H,33,36). The van der Waals surface area contributed by atoms with Gasteiger partial charge < -0.3 is 40.2 Å². The number of halogens is 12. The summed E-state index contributed by atoms with van der Waals surface area (Å²) in [5.74, 6) is -3.26. The monoisotopic (exact) mass is 1540 g/mol. The molecule has 7 heterocycles. The number of hydrogen-bond acceptors (Lipinski definition) is 17. The van der Waals surface area contributed by atoms with Crippen LogP contribution in [0.5, 0.6) is 11.8 Å². The second-order valence-electron chi connectivity index (χ2n) is 30.4. The third-order valence-corrected chi connectivity index (χ3v) is 22.9. The highest BCUT2D eigenvalue weighted by Gasteiger charge is 2.55. The Balaban J connectivity index is 0.000000152. The number of anilines is 4. The van der Waals surface area contributed by atoms with Gasteiger partial charge in [-0.15, -0.1) is 0 Å². The average Bonchev–Trinajstić information content (AvgIpc) is 1.65. The predicted octanol–water partition coefficient (Wildman–Crippen LogP) is 12.1. The number of rotatable bonds is 18. The summed E-state index contributed by atoms with van der Waals surface area (Å²) < 4.78 is 175. The van der Waals surface area contributed by atoms with Gasteiger partial charge in [-0.2, -0.15) is 49.5 Å². The van der Waals surface area contributed by atoms with Crippen LogP contribution in [0, 0.1) is 23.4 Å². The molecule has 8 fully saturated rings. The maximum absolute atomic E-state index is 14.1. The van der Waals surface area contributed by atoms with Crippen molar-refractivity contribution in [3.8, 4) is 11.8 Å². The fraction of sp³-hybridized carbons (Fsp3) is 0.554. The highest BCUT2D eigenvalue weighted by molar-refractivity contribution is 5.98. The molecule has 6 amide bonds. The van der Waals surface area contributed by atoms with Gasteiger partial charge in [-0.1, -0.05) is 36.4 Å². The number of urea groups is 3. The van der Waals surface area contributed by atoms with Crippen LogP contribution in [0.15, 0.2) is 91.4 Å². The number of nitrogens with zero attached hydrogens (tertiary/aromatic N) is 13. The normalized spacial score (nSPS) is 25.8. The maximum Gasteiger partial charge on any atom is 0.451 e. The Morgan fingerprint density at radius 1 is 0.514 bits per heavy atom. The van der Waals surface area contributed by atoms with Crippen molar-refractivity contribution in [2.75, 3.05) is 128 Å². The van der Waals surface area contributed by atoms with Gasteiger partial charge >= 0.3 is 36.6 Å². The maximum atomic E-state index is 14.1. The number of carbonyl (C=O) groups excluding carboxylic acids is 3. The minimum atomic E-state index is -5.03. The first kappa shape index (κ1) is 79.6. The summed E-state index contributed by atoms with van der Waals surface area (Å²) in [5, 5.41) is 18.7. The number of carbonyl (C=O) groups is 3. The molecule has 4 aliphatic carbocycles. The van der Waals surface area contributed by atoms with E-state index in [1.807, 2.05) is 77.3 Å². The van der Waals surface area contributed by atoms with E-state index in [0.29, 0.717) is 101 Å². The zero-order chi connectivity index (χ0) is 78.4. The Hall–Kier alpha value is -8.93. The molecule has 4 saturated heterocycles. The lowest BCUT2D eigenvalue weighted by atomic mass is 9.69. The molecule has 4 saturated carbocycles. The van der Waals surface area contributed by atoms with Gasteiger partial charge in [-0.05, 0) is 185 Å². The third-order valence-electron chi connectivity index (χ3n) is 22.9. The number of ether oxygens (including phenoxy) is 3. The van der Waals surface area contributed by atoms with Crippen LogP contribution < -0.4 is 45.0 Å². The first-order valence-electron chi connectivity index (χ1n) is 36.0. The molecule has 23 nitrogen and oxygen atoms in total. The van der Waals surface area contributed by atoms with Crippen molar-refractivity contribution in [1.29, 1.82) is 0 Å². The van der Waals surface area contributed by atoms with E-state index in [1.165, 1.54) is 29.2 Å². The Morgan fingerprint density at radius 2 is 0.881 bits per heavy atom. The fourth-order valence-electron chi connectivity index (χ4n) is 16.2. The number of nitrogens with one attached hydrogen (secondary N) is 3. The molecule has 3 aromatic carbocycles. The van der Waals surface area contributed by atoms with Crippen LogP contribution in [-0.4, -0.2) is 199 Å². The highest BCUT2D eigenvalue weighted by Crippen LogP contribution is 2.52. The topological polar surface area (TPSA) is 235 Å². The van der Waals surface area contributed by atoms with Crippen molar-refractivity contribution in [3.63, 3.8) is 0 Å². The molecule has 0 atom stereocenters. The summed E-state index contributed by atoms with van der Waals surface area (Å²) in [4.78, 5) is 74.3. The van der Waals surface area contributed by atoms with Crippen molar-refractivity contribution in [2.45, 2.75) is 148 Å². The van der Waals surface area contributed by atoms with Gasteiger partial charge in [-0.25, -0.2) is 47.5 Å². The molecule has 0 radical (unpaired) electrons. The number of hydrogen-bond donors (Lipinski definition) is 4. The fourth-order valence-corrected chi connectivity index (χ4v) is 16.2. The Morgan fingerprint density at radius 3 is 1.20 bits per heavy atom. The van der Waals surface area contributed by atoms with Gasteiger partial charge in [0.1, 0.15) is 40.3 Å². The number of aliphatic hydroxyl groups is 1. The molecule has 8 aliphatic rings. The summed E-state index contributed by atoms with van der Waals surface area (Å²) in [7, 11) is 13.6. The van der Waals surface area contributed by atoms with Gasteiger partial charge in [0.2, 0.25) is 23.4 Å². The molecule has 3 aromatic heterocycles. The smallest absolute Gasteiger partial charge is 0.451 e. The van der Waals surface area contributed by atoms with E-state index in [1.54, 1.807) is 41.4 Å². The Bertz CT molecular complexity index is 4270. The second kappa shape index (κ2) is 30.7. The van der Waals surface area contributed by atoms with E-state index in [-0.39, 0.29) is 78.3 Å². The van der Waals surface area contributed by atoms with E-state index < -0.39 is 82.6 Å². The molecule has 0 bridgehead atoms. The number of alkyl halides is 9. The molecule has 14 rings (SSSR count). The average molecular weight is 1540 g/mol. The van der Waals surface area contributed by atoms with Crippen molar-refractivity contribution >= 4 is 41.0 Å². The zero-order valence-corrected chi connectivity index (χ0v) is 61.3. The van der Waals surface area contributed by atoms with Crippen LogP contribution in [0.2, 0.25) is 0 Å². The Labute approximate surface area is 622 Å². The number of benzene rings is 3. The summed E-state index contributed by atoms with van der Waals surface area (Å²) >= 11 is 0. The zero-order valence-electron chi connectivity index (χ0n) is 61.3. The van der Waals surface area contributed by atoms with Crippen LogP contribution in [0.1, 0.15) is 130 Å². The summed E-state index contributed by atoms with van der Waals surface area (Å²) in [6, 6.07) is 18.4. The first-order valence-corrected chi connectivity index (χ1v) is 36.0. The van der Waals surface area contributed by atoms with Crippen LogP contribution in [0.3, 0.4) is 0 Å². The van der Waals surface area contributed by atoms with Gasteiger partial charge in [0.05, 0.1) is 81.3 Å². The molecular weight excluding hydrogens is 1450 g/mol. The Kier molecular flexibility index (Phi) is 22.4. The van der Waals surface area contributed by atoms with E-state index >= 15 is 0 Å². The van der Waals surface area contributed by atoms with Crippen LogP contribution >= 0.6 is 0 Å².